The van der Waals surface area contributed by atoms with E-state index in [9.17, 15) is 37.2 Å². The van der Waals surface area contributed by atoms with Gasteiger partial charge < -0.3 is 4.18 Å². The Morgan fingerprint density at radius 2 is 1.65 bits per heavy atom. The van der Waals surface area contributed by atoms with Crippen LogP contribution in [-0.4, -0.2) is 19.7 Å². The molecule has 176 valence electrons. The fraction of sp³-hybridized carbons (Fsp3) is 0.190. The first kappa shape index (κ1) is 26.5. The second-order valence-electron chi connectivity index (χ2n) is 6.92. The summed E-state index contributed by atoms with van der Waals surface area (Å²) in [4.78, 5) is 17.5. The highest BCUT2D eigenvalue weighted by molar-refractivity contribution is 7.88. The Balaban J connectivity index is 2.62. The van der Waals surface area contributed by atoms with Crippen molar-refractivity contribution in [2.75, 3.05) is 0 Å². The molecule has 8 nitrogen and oxygen atoms in total. The first-order valence-electron chi connectivity index (χ1n) is 9.33. The maximum absolute atomic E-state index is 12.6. The van der Waals surface area contributed by atoms with Crippen molar-refractivity contribution in [1.29, 1.82) is 10.8 Å². The molecule has 0 heterocycles. The third kappa shape index (κ3) is 6.19. The van der Waals surface area contributed by atoms with E-state index in [4.69, 9.17) is 11.6 Å². The number of benzene rings is 2. The molecule has 0 N–H and O–H groups in total. The molecule has 2 rings (SSSR count). The average Bonchev–Trinajstić information content (AvgIpc) is 2.73. The smallest absolute Gasteiger partial charge is 0.376 e. The van der Waals surface area contributed by atoms with E-state index in [0.717, 1.165) is 12.1 Å². The molecule has 0 amide bonds. The number of carbonyl (C=O) groups excluding carboxylic acids is 1. The summed E-state index contributed by atoms with van der Waals surface area (Å²) in [5.74, 6) is -0.763. The van der Waals surface area contributed by atoms with Crippen LogP contribution in [0.4, 0.5) is 24.5 Å². The average molecular weight is 513 g/mol. The second-order valence-corrected chi connectivity index (χ2v) is 8.87. The fourth-order valence-electron chi connectivity index (χ4n) is 2.88. The molecule has 0 bridgehead atoms. The highest BCUT2D eigenvalue weighted by Gasteiger charge is 2.48. The van der Waals surface area contributed by atoms with E-state index in [1.807, 2.05) is 0 Å². The number of halogens is 4. The monoisotopic (exact) mass is 512 g/mol. The van der Waals surface area contributed by atoms with Gasteiger partial charge in [-0.2, -0.15) is 21.6 Å². The first-order valence-corrected chi connectivity index (χ1v) is 11.1. The van der Waals surface area contributed by atoms with Gasteiger partial charge in [0, 0.05) is 0 Å². The maximum Gasteiger partial charge on any atom is 0.534 e. The summed E-state index contributed by atoms with van der Waals surface area (Å²) in [5, 5.41) is 18.8. The lowest BCUT2D eigenvalue weighted by Crippen LogP contribution is -2.28. The molecular weight excluding hydrogens is 497 g/mol. The van der Waals surface area contributed by atoms with Crippen molar-refractivity contribution in [3.63, 3.8) is 0 Å². The van der Waals surface area contributed by atoms with Crippen LogP contribution in [0.3, 0.4) is 0 Å². The number of rotatable bonds is 7. The molecule has 13 heteroatoms. The lowest BCUT2D eigenvalue weighted by molar-refractivity contribution is -0.112. The number of allylic oxidation sites excluding steroid dienone is 3. The van der Waals surface area contributed by atoms with Gasteiger partial charge in [-0.15, -0.1) is 0 Å². The number of alkyl halides is 3. The SMILES string of the molecule is CC(=O)C=C(C)CC=C(c1ccc(OS(=O)(=O)C(F)(F)F)cc1)c1ccc(Cl)c([N+]#N)c1[N+]#N. The van der Waals surface area contributed by atoms with Crippen molar-refractivity contribution in [2.45, 2.75) is 25.8 Å². The Morgan fingerprint density at radius 1 is 1.06 bits per heavy atom. The predicted octanol–water partition coefficient (Wildman–Crippen LogP) is 6.89. The summed E-state index contributed by atoms with van der Waals surface area (Å²) in [7, 11) is -5.85. The summed E-state index contributed by atoms with van der Waals surface area (Å²) in [6.07, 6.45) is 3.28. The zero-order valence-corrected chi connectivity index (χ0v) is 19.2. The van der Waals surface area contributed by atoms with E-state index in [-0.39, 0.29) is 34.2 Å². The van der Waals surface area contributed by atoms with E-state index in [1.165, 1.54) is 37.3 Å². The van der Waals surface area contributed by atoms with E-state index >= 15 is 0 Å². The summed E-state index contributed by atoms with van der Waals surface area (Å²) >= 11 is 5.98. The van der Waals surface area contributed by atoms with Crippen LogP contribution in [0, 0.1) is 10.8 Å². The van der Waals surface area contributed by atoms with Crippen LogP contribution >= 0.6 is 11.6 Å². The Kier molecular flexibility index (Phi) is 8.16. The number of hydrogen-bond donors (Lipinski definition) is 0. The van der Waals surface area contributed by atoms with Gasteiger partial charge in [-0.3, -0.25) is 4.79 Å². The number of hydrogen-bond acceptors (Lipinski definition) is 6. The maximum atomic E-state index is 12.6. The van der Waals surface area contributed by atoms with Gasteiger partial charge in [-0.05, 0) is 61.7 Å². The molecule has 2 aromatic carbocycles. The fourth-order valence-corrected chi connectivity index (χ4v) is 3.53. The highest BCUT2D eigenvalue weighted by atomic mass is 35.5. The van der Waals surface area contributed by atoms with Crippen molar-refractivity contribution in [3.05, 3.63) is 80.2 Å². The molecule has 0 aromatic heterocycles. The second kappa shape index (κ2) is 10.5. The van der Waals surface area contributed by atoms with Crippen LogP contribution in [0.15, 0.2) is 54.1 Å². The molecular formula is C21H16ClF3N4O4S+2. The molecule has 0 saturated carbocycles. The summed E-state index contributed by atoms with van der Waals surface area (Å²) < 4.78 is 64.3. The topological polar surface area (TPSA) is 117 Å². The molecule has 0 spiro atoms. The summed E-state index contributed by atoms with van der Waals surface area (Å²) in [6.45, 7) is 3.07. The van der Waals surface area contributed by atoms with Crippen LogP contribution in [0.5, 0.6) is 5.75 Å². The van der Waals surface area contributed by atoms with Gasteiger partial charge in [-0.1, -0.05) is 35.4 Å². The lowest BCUT2D eigenvalue weighted by atomic mass is 9.94. The van der Waals surface area contributed by atoms with Crippen LogP contribution < -0.4 is 4.18 Å². The van der Waals surface area contributed by atoms with Crippen molar-refractivity contribution in [3.8, 4) is 5.75 Å². The minimum Gasteiger partial charge on any atom is -0.376 e. The molecule has 34 heavy (non-hydrogen) atoms. The summed E-state index contributed by atoms with van der Waals surface area (Å²) in [5.41, 5.74) is -4.42. The highest BCUT2D eigenvalue weighted by Crippen LogP contribution is 2.43. The van der Waals surface area contributed by atoms with Crippen molar-refractivity contribution in [2.24, 2.45) is 0 Å². The zero-order valence-electron chi connectivity index (χ0n) is 17.7. The van der Waals surface area contributed by atoms with Crippen LogP contribution in [0.1, 0.15) is 31.4 Å². The van der Waals surface area contributed by atoms with Crippen LogP contribution in [0.2, 0.25) is 5.02 Å². The minimum atomic E-state index is -5.85. The van der Waals surface area contributed by atoms with E-state index in [2.05, 4.69) is 14.1 Å². The normalized spacial score (nSPS) is 12.6. The molecule has 0 aliphatic carbocycles. The predicted molar refractivity (Wildman–Crippen MR) is 119 cm³/mol. The minimum absolute atomic E-state index is 0.0211. The number of ketones is 1. The number of diazo groups is 2. The van der Waals surface area contributed by atoms with Gasteiger partial charge in [0.05, 0.1) is 5.56 Å². The van der Waals surface area contributed by atoms with Gasteiger partial charge in [-0.25, -0.2) is 0 Å². The van der Waals surface area contributed by atoms with Crippen molar-refractivity contribution >= 4 is 44.5 Å². The standard InChI is InChI=1S/C21H16ClF3N4O4S/c1-12(11-13(2)30)3-8-16(17-9-10-18(22)20(29-27)19(17)28-26)14-4-6-15(7-5-14)33-34(31,32)21(23,24)25/h4-11H,3H2,1-2H3/q+2. The van der Waals surface area contributed by atoms with Gasteiger partial charge in [0.25, 0.3) is 0 Å². The molecule has 0 fully saturated rings. The quantitative estimate of drug-likeness (QED) is 0.172. The molecule has 0 aliphatic heterocycles. The third-order valence-electron chi connectivity index (χ3n) is 4.32. The number of carbonyl (C=O) groups is 1. The Morgan fingerprint density at radius 3 is 2.15 bits per heavy atom. The Bertz CT molecular complexity index is 1370. The number of nitrogens with zero attached hydrogens (tertiary/aromatic N) is 4. The lowest BCUT2D eigenvalue weighted by Gasteiger charge is -2.11. The van der Waals surface area contributed by atoms with Crippen LogP contribution in [-0.2, 0) is 14.9 Å². The molecule has 0 aliphatic rings. The molecule has 0 atom stereocenters. The molecule has 0 radical (unpaired) electrons. The molecule has 2 aromatic rings. The van der Waals surface area contributed by atoms with Crippen molar-refractivity contribution < 1.29 is 30.6 Å². The third-order valence-corrected chi connectivity index (χ3v) is 5.61. The van der Waals surface area contributed by atoms with Crippen molar-refractivity contribution in [1.82, 2.24) is 0 Å². The Hall–Kier alpha value is -3.74. The molecule has 0 unspecified atom stereocenters. The molecule has 0 saturated heterocycles. The largest absolute Gasteiger partial charge is 0.534 e. The van der Waals surface area contributed by atoms with Gasteiger partial charge in [0.1, 0.15) is 10.8 Å². The van der Waals surface area contributed by atoms with Gasteiger partial charge >= 0.3 is 27.0 Å². The summed E-state index contributed by atoms with van der Waals surface area (Å²) in [6, 6.07) is 7.41. The van der Waals surface area contributed by atoms with E-state index in [0.29, 0.717) is 16.7 Å². The van der Waals surface area contributed by atoms with E-state index < -0.39 is 21.4 Å². The van der Waals surface area contributed by atoms with E-state index in [1.54, 1.807) is 13.0 Å². The zero-order chi connectivity index (χ0) is 25.7. The van der Waals surface area contributed by atoms with Gasteiger partial charge in [0.2, 0.25) is 10.8 Å². The van der Waals surface area contributed by atoms with Crippen LogP contribution in [0.25, 0.3) is 15.5 Å². The van der Waals surface area contributed by atoms with Gasteiger partial charge in [0.15, 0.2) is 15.7 Å². The first-order chi connectivity index (χ1) is 15.8. The Labute approximate surface area is 197 Å².